The predicted molar refractivity (Wildman–Crippen MR) is 100 cm³/mol. The smallest absolute Gasteiger partial charge is 0.167 e. The topological polar surface area (TPSA) is 46.5 Å². The van der Waals surface area contributed by atoms with E-state index in [1.165, 1.54) is 36.8 Å². The van der Waals surface area contributed by atoms with Crippen molar-refractivity contribution in [2.75, 3.05) is 0 Å². The standard InChI is InChI=1S/C23H30O3/c1-23-11-10-18-17-9-7-16(26-15-4-2-3-5-15)12-14(17)6-8-19(18)20(23)13-21(24)22(23)25/h7,9,12,15,18-21,24H,2-6,8,10-11,13H2,1H3/t18-,19-,20+,21+,23+/m1/s1. The first-order valence-corrected chi connectivity index (χ1v) is 10.6. The Hall–Kier alpha value is -1.35. The molecule has 1 aromatic rings. The van der Waals surface area contributed by atoms with Gasteiger partial charge in [0, 0.05) is 5.41 Å². The summed E-state index contributed by atoms with van der Waals surface area (Å²) in [6.07, 6.45) is 9.55. The number of fused-ring (bicyclic) bond motifs is 5. The summed E-state index contributed by atoms with van der Waals surface area (Å²) >= 11 is 0. The van der Waals surface area contributed by atoms with Gasteiger partial charge in [0.15, 0.2) is 5.78 Å². The molecule has 3 saturated carbocycles. The zero-order chi connectivity index (χ0) is 17.9. The normalized spacial score (nSPS) is 39.4. The van der Waals surface area contributed by atoms with Crippen LogP contribution in [0.3, 0.4) is 0 Å². The number of carbonyl (C=O) groups is 1. The third kappa shape index (κ3) is 2.46. The number of benzene rings is 1. The van der Waals surface area contributed by atoms with Crippen LogP contribution in [0.1, 0.15) is 75.3 Å². The Morgan fingerprint density at radius 2 is 1.96 bits per heavy atom. The molecule has 5 rings (SSSR count). The van der Waals surface area contributed by atoms with Crippen LogP contribution in [0, 0.1) is 17.3 Å². The average molecular weight is 354 g/mol. The molecule has 1 aromatic carbocycles. The van der Waals surface area contributed by atoms with Crippen LogP contribution in [0.25, 0.3) is 0 Å². The lowest BCUT2D eigenvalue weighted by Gasteiger charge is -2.48. The lowest BCUT2D eigenvalue weighted by molar-refractivity contribution is -0.134. The molecule has 0 aromatic heterocycles. The second kappa shape index (κ2) is 6.09. The van der Waals surface area contributed by atoms with E-state index in [1.54, 1.807) is 0 Å². The third-order valence-corrected chi connectivity index (χ3v) is 8.04. The number of ether oxygens (including phenoxy) is 1. The van der Waals surface area contributed by atoms with Crippen molar-refractivity contribution in [2.45, 2.75) is 82.8 Å². The fourth-order valence-corrected chi connectivity index (χ4v) is 6.62. The Kier molecular flexibility index (Phi) is 3.93. The number of hydrogen-bond donors (Lipinski definition) is 1. The molecular weight excluding hydrogens is 324 g/mol. The molecule has 0 radical (unpaired) electrons. The largest absolute Gasteiger partial charge is 0.490 e. The van der Waals surface area contributed by atoms with E-state index in [2.05, 4.69) is 25.1 Å². The molecule has 4 aliphatic rings. The van der Waals surface area contributed by atoms with Gasteiger partial charge in [-0.3, -0.25) is 4.79 Å². The van der Waals surface area contributed by atoms with Crippen LogP contribution in [0.5, 0.6) is 5.75 Å². The summed E-state index contributed by atoms with van der Waals surface area (Å²) in [5, 5.41) is 10.2. The maximum Gasteiger partial charge on any atom is 0.167 e. The first-order chi connectivity index (χ1) is 12.6. The molecule has 5 atom stereocenters. The lowest BCUT2D eigenvalue weighted by Crippen LogP contribution is -2.42. The number of aliphatic hydroxyl groups excluding tert-OH is 1. The number of aliphatic hydroxyl groups is 1. The highest BCUT2D eigenvalue weighted by atomic mass is 16.5. The minimum Gasteiger partial charge on any atom is -0.490 e. The van der Waals surface area contributed by atoms with Crippen LogP contribution in [-0.4, -0.2) is 23.1 Å². The summed E-state index contributed by atoms with van der Waals surface area (Å²) in [6.45, 7) is 2.11. The van der Waals surface area contributed by atoms with Gasteiger partial charge in [0.05, 0.1) is 6.10 Å². The molecule has 0 amide bonds. The first kappa shape index (κ1) is 16.8. The van der Waals surface area contributed by atoms with Gasteiger partial charge in [-0.15, -0.1) is 0 Å². The highest BCUT2D eigenvalue weighted by Crippen LogP contribution is 2.59. The highest BCUT2D eigenvalue weighted by Gasteiger charge is 2.57. The van der Waals surface area contributed by atoms with Gasteiger partial charge in [0.1, 0.15) is 11.9 Å². The first-order valence-electron chi connectivity index (χ1n) is 10.6. The summed E-state index contributed by atoms with van der Waals surface area (Å²) < 4.78 is 6.21. The molecule has 3 fully saturated rings. The van der Waals surface area contributed by atoms with E-state index in [-0.39, 0.29) is 11.2 Å². The van der Waals surface area contributed by atoms with E-state index in [9.17, 15) is 9.90 Å². The minimum absolute atomic E-state index is 0.104. The Bertz CT molecular complexity index is 720. The monoisotopic (exact) mass is 354 g/mol. The van der Waals surface area contributed by atoms with Crippen molar-refractivity contribution in [3.05, 3.63) is 29.3 Å². The molecule has 26 heavy (non-hydrogen) atoms. The number of ketones is 1. The third-order valence-electron chi connectivity index (χ3n) is 8.04. The Balaban J connectivity index is 1.40. The zero-order valence-electron chi connectivity index (χ0n) is 15.7. The second-order valence-corrected chi connectivity index (χ2v) is 9.37. The van der Waals surface area contributed by atoms with Gasteiger partial charge in [-0.2, -0.15) is 0 Å². The number of rotatable bonds is 2. The number of hydrogen-bond acceptors (Lipinski definition) is 3. The molecule has 140 valence electrons. The molecule has 3 heteroatoms. The van der Waals surface area contributed by atoms with Gasteiger partial charge in [0.2, 0.25) is 0 Å². The van der Waals surface area contributed by atoms with Gasteiger partial charge < -0.3 is 9.84 Å². The molecule has 3 nitrogen and oxygen atoms in total. The van der Waals surface area contributed by atoms with Crippen molar-refractivity contribution in [3.63, 3.8) is 0 Å². The SMILES string of the molecule is C[C@]12CC[C@@H]3c4ccc(OC5CCCC5)cc4CC[C@H]3[C@@H]1C[C@H](O)C2=O. The molecule has 0 unspecified atom stereocenters. The number of Topliss-reactive ketones (excluding diaryl/α,β-unsaturated/α-hetero) is 1. The van der Waals surface area contributed by atoms with Gasteiger partial charge in [0.25, 0.3) is 0 Å². The Morgan fingerprint density at radius 3 is 2.77 bits per heavy atom. The van der Waals surface area contributed by atoms with Crippen LogP contribution >= 0.6 is 0 Å². The maximum atomic E-state index is 12.5. The van der Waals surface area contributed by atoms with E-state index in [4.69, 9.17) is 4.74 Å². The van der Waals surface area contributed by atoms with E-state index in [1.807, 2.05) is 0 Å². The summed E-state index contributed by atoms with van der Waals surface area (Å²) in [6, 6.07) is 6.75. The fourth-order valence-electron chi connectivity index (χ4n) is 6.62. The zero-order valence-corrected chi connectivity index (χ0v) is 15.7. The average Bonchev–Trinajstić information content (AvgIpc) is 3.23. The lowest BCUT2D eigenvalue weighted by atomic mass is 9.55. The molecular formula is C23H30O3. The van der Waals surface area contributed by atoms with Gasteiger partial charge in [-0.05, 0) is 98.8 Å². The number of carbonyl (C=O) groups excluding carboxylic acids is 1. The van der Waals surface area contributed by atoms with E-state index >= 15 is 0 Å². The molecule has 0 aliphatic heterocycles. The quantitative estimate of drug-likeness (QED) is 0.856. The van der Waals surface area contributed by atoms with Crippen molar-refractivity contribution in [2.24, 2.45) is 17.3 Å². The summed E-state index contributed by atoms with van der Waals surface area (Å²) in [4.78, 5) is 12.5. The van der Waals surface area contributed by atoms with Crippen molar-refractivity contribution in [3.8, 4) is 5.75 Å². The summed E-state index contributed by atoms with van der Waals surface area (Å²) in [5.74, 6) is 2.60. The second-order valence-electron chi connectivity index (χ2n) is 9.37. The summed E-state index contributed by atoms with van der Waals surface area (Å²) in [5.41, 5.74) is 2.65. The van der Waals surface area contributed by atoms with Crippen LogP contribution in [0.15, 0.2) is 18.2 Å². The molecule has 1 N–H and O–H groups in total. The fraction of sp³-hybridized carbons (Fsp3) is 0.696. The van der Waals surface area contributed by atoms with Crippen LogP contribution in [0.2, 0.25) is 0 Å². The van der Waals surface area contributed by atoms with E-state index in [0.717, 1.165) is 31.4 Å². The minimum atomic E-state index is -0.729. The molecule has 0 heterocycles. The van der Waals surface area contributed by atoms with Crippen LogP contribution in [-0.2, 0) is 11.2 Å². The van der Waals surface area contributed by atoms with Gasteiger partial charge in [-0.1, -0.05) is 13.0 Å². The number of aryl methyl sites for hydroxylation is 1. The molecule has 0 bridgehead atoms. The van der Waals surface area contributed by atoms with Crippen molar-refractivity contribution >= 4 is 5.78 Å². The van der Waals surface area contributed by atoms with Crippen LogP contribution in [0.4, 0.5) is 0 Å². The van der Waals surface area contributed by atoms with E-state index < -0.39 is 6.10 Å². The van der Waals surface area contributed by atoms with Crippen molar-refractivity contribution in [1.82, 2.24) is 0 Å². The summed E-state index contributed by atoms with van der Waals surface area (Å²) in [7, 11) is 0. The van der Waals surface area contributed by atoms with Gasteiger partial charge >= 0.3 is 0 Å². The Labute approximate surface area is 156 Å². The van der Waals surface area contributed by atoms with Crippen LogP contribution < -0.4 is 4.74 Å². The molecule has 4 aliphatic carbocycles. The maximum absolute atomic E-state index is 12.5. The van der Waals surface area contributed by atoms with Crippen molar-refractivity contribution in [1.29, 1.82) is 0 Å². The van der Waals surface area contributed by atoms with E-state index in [0.29, 0.717) is 30.3 Å². The van der Waals surface area contributed by atoms with Gasteiger partial charge in [-0.25, -0.2) is 0 Å². The van der Waals surface area contributed by atoms with Crippen molar-refractivity contribution < 1.29 is 14.6 Å². The molecule has 0 saturated heterocycles. The Morgan fingerprint density at radius 1 is 1.15 bits per heavy atom. The molecule has 0 spiro atoms. The predicted octanol–water partition coefficient (Wildman–Crippen LogP) is 4.40. The highest BCUT2D eigenvalue weighted by molar-refractivity contribution is 5.91.